The topological polar surface area (TPSA) is 66.5 Å². The van der Waals surface area contributed by atoms with E-state index in [0.717, 1.165) is 29.5 Å². The van der Waals surface area contributed by atoms with Crippen LogP contribution in [0.3, 0.4) is 0 Å². The molecule has 0 unspecified atom stereocenters. The lowest BCUT2D eigenvalue weighted by Gasteiger charge is -2.27. The average molecular weight is 489 g/mol. The molecule has 2 aliphatic carbocycles. The van der Waals surface area contributed by atoms with E-state index >= 15 is 0 Å². The molecule has 1 N–H and O–H groups in total. The number of rotatable bonds is 5. The molecule has 0 spiro atoms. The molecule has 5 atom stereocenters. The van der Waals surface area contributed by atoms with E-state index in [2.05, 4.69) is 5.32 Å². The molecule has 0 radical (unpaired) electrons. The van der Waals surface area contributed by atoms with Crippen LogP contribution in [0.25, 0.3) is 0 Å². The van der Waals surface area contributed by atoms with Gasteiger partial charge >= 0.3 is 6.18 Å². The van der Waals surface area contributed by atoms with Gasteiger partial charge in [0.1, 0.15) is 6.04 Å². The normalized spacial score (nSPS) is 26.2. The minimum Gasteiger partial charge on any atom is -0.323 e. The minimum atomic E-state index is -4.63. The first-order valence-corrected chi connectivity index (χ1v) is 11.3. The standard InChI is InChI=1S/C25H20ClF3N2O3/c26-17-9-8-16(25(27,28)29)12-18(17)30-22(32)19(10-13-4-2-1-3-5-13)31-23(33)20-14-6-7-15(11-14)21(20)24(31)34/h1-9,12,14-15,19-21H,10-11H2,(H,30,32)/t14-,15+,19-,20+,21+/m1/s1. The number of imide groups is 1. The summed E-state index contributed by atoms with van der Waals surface area (Å²) >= 11 is 6.06. The molecule has 2 aromatic carbocycles. The number of alkyl halides is 3. The number of likely N-dealkylation sites (tertiary alicyclic amines) is 1. The van der Waals surface area contributed by atoms with Gasteiger partial charge in [0.25, 0.3) is 0 Å². The maximum Gasteiger partial charge on any atom is 0.416 e. The quantitative estimate of drug-likeness (QED) is 0.489. The van der Waals surface area contributed by atoms with Crippen molar-refractivity contribution < 1.29 is 27.6 Å². The van der Waals surface area contributed by atoms with Gasteiger partial charge in [-0.1, -0.05) is 54.1 Å². The fourth-order valence-corrected chi connectivity index (χ4v) is 5.55. The predicted molar refractivity (Wildman–Crippen MR) is 119 cm³/mol. The van der Waals surface area contributed by atoms with Gasteiger partial charge in [-0.25, -0.2) is 0 Å². The number of hydrogen-bond acceptors (Lipinski definition) is 3. The third-order valence-electron chi connectivity index (χ3n) is 6.94. The Morgan fingerprint density at radius 2 is 1.65 bits per heavy atom. The van der Waals surface area contributed by atoms with Gasteiger partial charge < -0.3 is 5.32 Å². The largest absolute Gasteiger partial charge is 0.416 e. The zero-order chi connectivity index (χ0) is 24.2. The van der Waals surface area contributed by atoms with Gasteiger partial charge in [-0.05, 0) is 42.0 Å². The second-order valence-electron chi connectivity index (χ2n) is 8.93. The fraction of sp³-hybridized carbons (Fsp3) is 0.320. The van der Waals surface area contributed by atoms with Crippen LogP contribution in [0.15, 0.2) is 60.7 Å². The number of halogens is 4. The molecule has 176 valence electrons. The highest BCUT2D eigenvalue weighted by molar-refractivity contribution is 6.33. The molecule has 1 saturated heterocycles. The lowest BCUT2D eigenvalue weighted by Crippen LogP contribution is -2.49. The van der Waals surface area contributed by atoms with Crippen LogP contribution in [0.5, 0.6) is 0 Å². The molecule has 0 aromatic heterocycles. The Bertz CT molecular complexity index is 1170. The van der Waals surface area contributed by atoms with Crippen LogP contribution in [0.1, 0.15) is 17.5 Å². The summed E-state index contributed by atoms with van der Waals surface area (Å²) in [6, 6.07) is 10.2. The molecular formula is C25H20ClF3N2O3. The Balaban J connectivity index is 1.47. The maximum absolute atomic E-state index is 13.4. The van der Waals surface area contributed by atoms with Crippen molar-refractivity contribution in [3.8, 4) is 0 Å². The number of fused-ring (bicyclic) bond motifs is 5. The van der Waals surface area contributed by atoms with E-state index in [1.165, 1.54) is 0 Å². The van der Waals surface area contributed by atoms with Gasteiger partial charge in [0, 0.05) is 6.42 Å². The lowest BCUT2D eigenvalue weighted by atomic mass is 9.85. The van der Waals surface area contributed by atoms with Crippen LogP contribution >= 0.6 is 11.6 Å². The molecule has 2 bridgehead atoms. The van der Waals surface area contributed by atoms with Crippen LogP contribution in [-0.2, 0) is 27.0 Å². The summed E-state index contributed by atoms with van der Waals surface area (Å²) in [6.07, 6.45) is 0.0570. The van der Waals surface area contributed by atoms with Crippen molar-refractivity contribution in [2.75, 3.05) is 5.32 Å². The summed E-state index contributed by atoms with van der Waals surface area (Å²) < 4.78 is 39.5. The summed E-state index contributed by atoms with van der Waals surface area (Å²) in [4.78, 5) is 41.1. The highest BCUT2D eigenvalue weighted by Gasteiger charge is 2.61. The summed E-state index contributed by atoms with van der Waals surface area (Å²) in [5.41, 5.74) is -0.505. The molecule has 1 aliphatic heterocycles. The van der Waals surface area contributed by atoms with E-state index in [1.54, 1.807) is 30.3 Å². The fourth-order valence-electron chi connectivity index (χ4n) is 5.38. The summed E-state index contributed by atoms with van der Waals surface area (Å²) in [5, 5.41) is 2.35. The van der Waals surface area contributed by atoms with Crippen molar-refractivity contribution >= 4 is 35.0 Å². The molecule has 9 heteroatoms. The van der Waals surface area contributed by atoms with Crippen molar-refractivity contribution in [2.45, 2.75) is 25.1 Å². The first kappa shape index (κ1) is 22.7. The number of nitrogens with zero attached hydrogens (tertiary/aromatic N) is 1. The summed E-state index contributed by atoms with van der Waals surface area (Å²) in [5.74, 6) is -2.63. The molecule has 5 nitrogen and oxygen atoms in total. The molecule has 3 amide bonds. The second-order valence-corrected chi connectivity index (χ2v) is 9.34. The Hall–Kier alpha value is -3.13. The molecule has 5 rings (SSSR count). The van der Waals surface area contributed by atoms with Crippen molar-refractivity contribution in [1.82, 2.24) is 4.90 Å². The van der Waals surface area contributed by atoms with Gasteiger partial charge in [-0.2, -0.15) is 13.2 Å². The monoisotopic (exact) mass is 488 g/mol. The minimum absolute atomic E-state index is 0.0307. The molecule has 1 heterocycles. The highest BCUT2D eigenvalue weighted by atomic mass is 35.5. The number of nitrogens with one attached hydrogen (secondary N) is 1. The van der Waals surface area contributed by atoms with E-state index in [-0.39, 0.29) is 29.0 Å². The van der Waals surface area contributed by atoms with Gasteiger partial charge in [-0.15, -0.1) is 0 Å². The number of benzene rings is 2. The molecule has 3 aliphatic rings. The number of carbonyl (C=O) groups excluding carboxylic acids is 3. The number of carbonyl (C=O) groups is 3. The maximum atomic E-state index is 13.4. The van der Waals surface area contributed by atoms with Gasteiger partial charge in [-0.3, -0.25) is 19.3 Å². The molecular weight excluding hydrogens is 469 g/mol. The Kier molecular flexibility index (Phi) is 5.51. The van der Waals surface area contributed by atoms with Gasteiger partial charge in [0.05, 0.1) is 28.1 Å². The number of hydrogen-bond donors (Lipinski definition) is 1. The van der Waals surface area contributed by atoms with E-state index in [9.17, 15) is 27.6 Å². The first-order chi connectivity index (χ1) is 16.1. The van der Waals surface area contributed by atoms with Crippen LogP contribution in [-0.4, -0.2) is 28.7 Å². The van der Waals surface area contributed by atoms with Gasteiger partial charge in [0.15, 0.2) is 0 Å². The smallest absolute Gasteiger partial charge is 0.323 e. The Morgan fingerprint density at radius 3 is 2.24 bits per heavy atom. The highest BCUT2D eigenvalue weighted by Crippen LogP contribution is 2.53. The second kappa shape index (κ2) is 8.27. The van der Waals surface area contributed by atoms with Crippen LogP contribution in [0.2, 0.25) is 5.02 Å². The molecule has 2 aromatic rings. The van der Waals surface area contributed by atoms with Crippen molar-refractivity contribution in [2.24, 2.45) is 23.7 Å². The first-order valence-electron chi connectivity index (χ1n) is 10.9. The number of amides is 3. The van der Waals surface area contributed by atoms with Crippen molar-refractivity contribution in [1.29, 1.82) is 0 Å². The lowest BCUT2D eigenvalue weighted by molar-refractivity contribution is -0.147. The zero-order valence-corrected chi connectivity index (χ0v) is 18.5. The molecule has 1 saturated carbocycles. The predicted octanol–water partition coefficient (Wildman–Crippen LogP) is 4.72. The Labute approximate surface area is 198 Å². The Morgan fingerprint density at radius 1 is 1.03 bits per heavy atom. The van der Waals surface area contributed by atoms with E-state index < -0.39 is 47.3 Å². The van der Waals surface area contributed by atoms with E-state index in [0.29, 0.717) is 5.56 Å². The molecule has 34 heavy (non-hydrogen) atoms. The summed E-state index contributed by atoms with van der Waals surface area (Å²) in [7, 11) is 0. The van der Waals surface area contributed by atoms with Crippen LogP contribution in [0, 0.1) is 23.7 Å². The van der Waals surface area contributed by atoms with E-state index in [4.69, 9.17) is 11.6 Å². The van der Waals surface area contributed by atoms with Crippen molar-refractivity contribution in [3.63, 3.8) is 0 Å². The SMILES string of the molecule is O=C(Nc1cc(C(F)(F)F)ccc1Cl)[C@@H](Cc1ccccc1)N1C(=O)[C@@H]2[C@@H](C1=O)[C@H]1C=C[C@@H]2C1. The summed E-state index contributed by atoms with van der Waals surface area (Å²) in [6.45, 7) is 0. The zero-order valence-electron chi connectivity index (χ0n) is 17.8. The third kappa shape index (κ3) is 3.79. The number of allylic oxidation sites excluding steroid dienone is 2. The average Bonchev–Trinajstić information content (AvgIpc) is 3.47. The molecule has 2 fully saturated rings. The van der Waals surface area contributed by atoms with Crippen LogP contribution < -0.4 is 5.32 Å². The van der Waals surface area contributed by atoms with Crippen LogP contribution in [0.4, 0.5) is 18.9 Å². The van der Waals surface area contributed by atoms with Crippen molar-refractivity contribution in [3.05, 3.63) is 76.8 Å². The third-order valence-corrected chi connectivity index (χ3v) is 7.27. The van der Waals surface area contributed by atoms with E-state index in [1.807, 2.05) is 12.2 Å². The van der Waals surface area contributed by atoms with Gasteiger partial charge in [0.2, 0.25) is 17.7 Å². The number of anilines is 1.